The summed E-state index contributed by atoms with van der Waals surface area (Å²) in [5.74, 6) is 0.179. The highest BCUT2D eigenvalue weighted by molar-refractivity contribution is 6.23. The number of halogens is 1. The summed E-state index contributed by atoms with van der Waals surface area (Å²) in [7, 11) is 1.38. The van der Waals surface area contributed by atoms with Crippen molar-refractivity contribution in [3.05, 3.63) is 35.4 Å². The van der Waals surface area contributed by atoms with E-state index in [1.165, 1.54) is 12.7 Å². The minimum atomic E-state index is -0.297. The van der Waals surface area contributed by atoms with Crippen LogP contribution in [0, 0.1) is 0 Å². The van der Waals surface area contributed by atoms with Gasteiger partial charge in [0.25, 0.3) is 0 Å². The fraction of sp³-hybridized carbons (Fsp3) is 0.364. The van der Waals surface area contributed by atoms with Crippen molar-refractivity contribution >= 4 is 17.6 Å². The summed E-state index contributed by atoms with van der Waals surface area (Å²) in [6.45, 7) is 0. The van der Waals surface area contributed by atoms with Crippen LogP contribution in [0.5, 0.6) is 0 Å². The molecule has 14 heavy (non-hydrogen) atoms. The van der Waals surface area contributed by atoms with Gasteiger partial charge in [0.05, 0.1) is 12.7 Å². The fourth-order valence-corrected chi connectivity index (χ4v) is 1.83. The van der Waals surface area contributed by atoms with Crippen molar-refractivity contribution in [2.24, 2.45) is 0 Å². The number of methoxy groups -OCH3 is 1. The lowest BCUT2D eigenvalue weighted by molar-refractivity contribution is 0.0600. The first-order chi connectivity index (χ1) is 6.72. The molecule has 3 heteroatoms. The molecule has 2 rings (SSSR count). The van der Waals surface area contributed by atoms with Gasteiger partial charge in [0, 0.05) is 11.3 Å². The molecule has 0 radical (unpaired) electrons. The SMILES string of the molecule is COC(=O)c1ccc([C@@H]2C[C@@H]2Cl)cc1. The summed E-state index contributed by atoms with van der Waals surface area (Å²) in [5, 5.41) is 0.277. The maximum Gasteiger partial charge on any atom is 0.337 e. The number of hydrogen-bond acceptors (Lipinski definition) is 2. The summed E-state index contributed by atoms with van der Waals surface area (Å²) < 4.78 is 4.61. The Balaban J connectivity index is 2.14. The second-order valence-corrected chi connectivity index (χ2v) is 4.03. The number of rotatable bonds is 2. The average Bonchev–Trinajstić information content (AvgIpc) is 2.95. The van der Waals surface area contributed by atoms with Crippen LogP contribution >= 0.6 is 11.6 Å². The van der Waals surface area contributed by atoms with E-state index < -0.39 is 0 Å². The second-order valence-electron chi connectivity index (χ2n) is 3.47. The predicted octanol–water partition coefficient (Wildman–Crippen LogP) is 2.57. The van der Waals surface area contributed by atoms with Gasteiger partial charge in [-0.05, 0) is 24.1 Å². The number of ether oxygens (including phenoxy) is 1. The Labute approximate surface area is 87.8 Å². The van der Waals surface area contributed by atoms with Gasteiger partial charge < -0.3 is 4.74 Å². The van der Waals surface area contributed by atoms with Crippen molar-refractivity contribution in [3.63, 3.8) is 0 Å². The molecule has 0 spiro atoms. The second kappa shape index (κ2) is 3.62. The summed E-state index contributed by atoms with van der Waals surface area (Å²) in [4.78, 5) is 11.1. The number of alkyl halides is 1. The highest BCUT2D eigenvalue weighted by atomic mass is 35.5. The standard InChI is InChI=1S/C11H11ClO2/c1-14-11(13)8-4-2-7(3-5-8)9-6-10(9)12/h2-5,9-10H,6H2,1H3/t9-,10-/m0/s1. The Kier molecular flexibility index (Phi) is 2.46. The molecular formula is C11H11ClO2. The number of esters is 1. The van der Waals surface area contributed by atoms with Gasteiger partial charge in [-0.1, -0.05) is 12.1 Å². The molecule has 1 fully saturated rings. The van der Waals surface area contributed by atoms with Gasteiger partial charge in [0.1, 0.15) is 0 Å². The maximum atomic E-state index is 11.1. The Hall–Kier alpha value is -1.02. The molecule has 2 atom stereocenters. The number of carbonyl (C=O) groups excluding carboxylic acids is 1. The number of carbonyl (C=O) groups is 1. The third kappa shape index (κ3) is 1.75. The molecule has 1 aromatic rings. The minimum Gasteiger partial charge on any atom is -0.465 e. The molecule has 0 bridgehead atoms. The summed E-state index contributed by atoms with van der Waals surface area (Å²) in [6, 6.07) is 7.45. The molecule has 0 unspecified atom stereocenters. The lowest BCUT2D eigenvalue weighted by Gasteiger charge is -2.01. The molecule has 0 saturated heterocycles. The van der Waals surface area contributed by atoms with E-state index >= 15 is 0 Å². The van der Waals surface area contributed by atoms with Crippen molar-refractivity contribution in [2.45, 2.75) is 17.7 Å². The first-order valence-electron chi connectivity index (χ1n) is 4.54. The van der Waals surface area contributed by atoms with Crippen LogP contribution in [0.15, 0.2) is 24.3 Å². The molecule has 0 aliphatic heterocycles. The van der Waals surface area contributed by atoms with Crippen molar-refractivity contribution in [3.8, 4) is 0 Å². The third-order valence-corrected chi connectivity index (χ3v) is 2.95. The molecule has 1 aromatic carbocycles. The van der Waals surface area contributed by atoms with Crippen LogP contribution in [0.3, 0.4) is 0 Å². The van der Waals surface area contributed by atoms with E-state index in [2.05, 4.69) is 4.74 Å². The largest absolute Gasteiger partial charge is 0.465 e. The van der Waals surface area contributed by atoms with Crippen LogP contribution in [0.25, 0.3) is 0 Å². The van der Waals surface area contributed by atoms with E-state index in [0.717, 1.165) is 6.42 Å². The lowest BCUT2D eigenvalue weighted by Crippen LogP contribution is -2.00. The zero-order valence-electron chi connectivity index (χ0n) is 7.87. The van der Waals surface area contributed by atoms with Crippen molar-refractivity contribution in [2.75, 3.05) is 7.11 Å². The van der Waals surface area contributed by atoms with E-state index in [9.17, 15) is 4.79 Å². The van der Waals surface area contributed by atoms with Gasteiger partial charge in [0.15, 0.2) is 0 Å². The number of benzene rings is 1. The molecule has 0 aromatic heterocycles. The van der Waals surface area contributed by atoms with Crippen LogP contribution in [0.1, 0.15) is 28.3 Å². The van der Waals surface area contributed by atoms with Crippen LogP contribution in [-0.4, -0.2) is 18.5 Å². The summed E-state index contributed by atoms with van der Waals surface area (Å²) in [6.07, 6.45) is 1.04. The normalized spacial score (nSPS) is 24.4. The Bertz CT molecular complexity index is 345. The molecule has 1 aliphatic carbocycles. The molecule has 1 saturated carbocycles. The molecule has 0 heterocycles. The summed E-state index contributed by atoms with van der Waals surface area (Å²) in [5.41, 5.74) is 1.79. The van der Waals surface area contributed by atoms with Gasteiger partial charge in [-0.15, -0.1) is 11.6 Å². The quantitative estimate of drug-likeness (QED) is 0.554. The third-order valence-electron chi connectivity index (χ3n) is 2.47. The van der Waals surface area contributed by atoms with E-state index in [1.54, 1.807) is 12.1 Å². The summed E-state index contributed by atoms with van der Waals surface area (Å²) >= 11 is 5.92. The smallest absolute Gasteiger partial charge is 0.337 e. The first-order valence-corrected chi connectivity index (χ1v) is 4.98. The van der Waals surface area contributed by atoms with Gasteiger partial charge >= 0.3 is 5.97 Å². The zero-order chi connectivity index (χ0) is 10.1. The molecule has 2 nitrogen and oxygen atoms in total. The monoisotopic (exact) mass is 210 g/mol. The molecule has 0 amide bonds. The first kappa shape index (κ1) is 9.53. The van der Waals surface area contributed by atoms with Gasteiger partial charge in [-0.25, -0.2) is 4.79 Å². The minimum absolute atomic E-state index is 0.277. The van der Waals surface area contributed by atoms with Crippen LogP contribution in [0.2, 0.25) is 0 Å². The average molecular weight is 211 g/mol. The lowest BCUT2D eigenvalue weighted by atomic mass is 10.1. The fourth-order valence-electron chi connectivity index (χ4n) is 1.49. The van der Waals surface area contributed by atoms with Crippen molar-refractivity contribution in [1.82, 2.24) is 0 Å². The molecular weight excluding hydrogens is 200 g/mol. The molecule has 0 N–H and O–H groups in total. The highest BCUT2D eigenvalue weighted by Gasteiger charge is 2.36. The maximum absolute atomic E-state index is 11.1. The Morgan fingerprint density at radius 3 is 2.43 bits per heavy atom. The van der Waals surface area contributed by atoms with Crippen LogP contribution in [-0.2, 0) is 4.74 Å². The zero-order valence-corrected chi connectivity index (χ0v) is 8.62. The Morgan fingerprint density at radius 2 is 2.00 bits per heavy atom. The van der Waals surface area contributed by atoms with Crippen LogP contribution < -0.4 is 0 Å². The van der Waals surface area contributed by atoms with Gasteiger partial charge in [-0.2, -0.15) is 0 Å². The van der Waals surface area contributed by atoms with Gasteiger partial charge in [0.2, 0.25) is 0 Å². The van der Waals surface area contributed by atoms with E-state index in [1.807, 2.05) is 12.1 Å². The predicted molar refractivity (Wildman–Crippen MR) is 54.8 cm³/mol. The van der Waals surface area contributed by atoms with Crippen molar-refractivity contribution in [1.29, 1.82) is 0 Å². The topological polar surface area (TPSA) is 26.3 Å². The highest BCUT2D eigenvalue weighted by Crippen LogP contribution is 2.45. The van der Waals surface area contributed by atoms with E-state index in [4.69, 9.17) is 11.6 Å². The van der Waals surface area contributed by atoms with Crippen molar-refractivity contribution < 1.29 is 9.53 Å². The molecule has 74 valence electrons. The van der Waals surface area contributed by atoms with E-state index in [0.29, 0.717) is 11.5 Å². The van der Waals surface area contributed by atoms with E-state index in [-0.39, 0.29) is 11.3 Å². The van der Waals surface area contributed by atoms with Gasteiger partial charge in [-0.3, -0.25) is 0 Å². The Morgan fingerprint density at radius 1 is 1.43 bits per heavy atom. The molecule has 1 aliphatic rings. The number of hydrogen-bond donors (Lipinski definition) is 0. The van der Waals surface area contributed by atoms with Crippen LogP contribution in [0.4, 0.5) is 0 Å².